The van der Waals surface area contributed by atoms with Crippen molar-refractivity contribution >= 4 is 23.9 Å². The van der Waals surface area contributed by atoms with Gasteiger partial charge in [-0.15, -0.1) is 0 Å². The summed E-state index contributed by atoms with van der Waals surface area (Å²) in [6.07, 6.45) is -2.64. The number of esters is 4. The van der Waals surface area contributed by atoms with Crippen molar-refractivity contribution in [1.82, 2.24) is 0 Å². The van der Waals surface area contributed by atoms with Crippen LogP contribution in [0.15, 0.2) is 0 Å². The number of carbonyl (C=O) groups excluding carboxylic acids is 4. The topological polar surface area (TPSA) is 105 Å². The third kappa shape index (κ3) is 2.98. The summed E-state index contributed by atoms with van der Waals surface area (Å²) < 4.78 is 20.4. The molecule has 2 bridgehead atoms. The molecule has 0 N–H and O–H groups in total. The second-order valence-electron chi connectivity index (χ2n) is 5.16. The standard InChI is InChI=1S/C13H16O8/c1-6(14)18-9-4-13(21-8(3)16)5-10(20-12(13)17)11(9)19-7(2)15/h9-11H,4-5H2,1-3H3/t9-,10-,11-,13+/m1/s1. The van der Waals surface area contributed by atoms with Crippen LogP contribution in [-0.4, -0.2) is 47.8 Å². The van der Waals surface area contributed by atoms with Crippen molar-refractivity contribution in [2.24, 2.45) is 0 Å². The maximum atomic E-state index is 12.0. The largest absolute Gasteiger partial charge is 0.458 e. The Kier molecular flexibility index (Phi) is 3.89. The second kappa shape index (κ2) is 5.34. The monoisotopic (exact) mass is 300 g/mol. The van der Waals surface area contributed by atoms with E-state index in [1.165, 1.54) is 20.8 Å². The van der Waals surface area contributed by atoms with E-state index in [9.17, 15) is 19.2 Å². The van der Waals surface area contributed by atoms with E-state index < -0.39 is 47.8 Å². The van der Waals surface area contributed by atoms with Gasteiger partial charge in [0.15, 0.2) is 6.10 Å². The summed E-state index contributed by atoms with van der Waals surface area (Å²) in [6.45, 7) is 3.58. The van der Waals surface area contributed by atoms with Crippen LogP contribution in [0.2, 0.25) is 0 Å². The maximum absolute atomic E-state index is 12.0. The van der Waals surface area contributed by atoms with Crippen LogP contribution in [0.1, 0.15) is 33.6 Å². The molecule has 1 heterocycles. The number of hydrogen-bond acceptors (Lipinski definition) is 8. The van der Waals surface area contributed by atoms with Crippen LogP contribution >= 0.6 is 0 Å². The zero-order valence-corrected chi connectivity index (χ0v) is 11.9. The lowest BCUT2D eigenvalue weighted by atomic mass is 9.81. The summed E-state index contributed by atoms with van der Waals surface area (Å²) in [6, 6.07) is 0. The second-order valence-corrected chi connectivity index (χ2v) is 5.16. The molecule has 0 radical (unpaired) electrons. The van der Waals surface area contributed by atoms with E-state index in [2.05, 4.69) is 0 Å². The van der Waals surface area contributed by atoms with Crippen molar-refractivity contribution in [2.75, 3.05) is 0 Å². The van der Waals surface area contributed by atoms with Crippen LogP contribution in [0.3, 0.4) is 0 Å². The summed E-state index contributed by atoms with van der Waals surface area (Å²) in [4.78, 5) is 45.6. The van der Waals surface area contributed by atoms with Crippen molar-refractivity contribution in [1.29, 1.82) is 0 Å². The predicted molar refractivity (Wildman–Crippen MR) is 64.7 cm³/mol. The van der Waals surface area contributed by atoms with Crippen molar-refractivity contribution in [3.63, 3.8) is 0 Å². The first-order chi connectivity index (χ1) is 9.73. The summed E-state index contributed by atoms with van der Waals surface area (Å²) in [7, 11) is 0. The Labute approximate surface area is 120 Å². The predicted octanol–water partition coefficient (Wildman–Crippen LogP) is -0.129. The minimum absolute atomic E-state index is 0.0706. The van der Waals surface area contributed by atoms with Gasteiger partial charge in [-0.1, -0.05) is 0 Å². The van der Waals surface area contributed by atoms with Crippen LogP contribution in [0.5, 0.6) is 0 Å². The minimum atomic E-state index is -1.48. The van der Waals surface area contributed by atoms with E-state index in [0.29, 0.717) is 0 Å². The average molecular weight is 300 g/mol. The summed E-state index contributed by atoms with van der Waals surface area (Å²) >= 11 is 0. The Balaban J connectivity index is 2.28. The molecule has 2 rings (SSSR count). The molecule has 1 saturated heterocycles. The minimum Gasteiger partial charge on any atom is -0.458 e. The molecule has 0 aromatic rings. The zero-order valence-electron chi connectivity index (χ0n) is 11.9. The fraction of sp³-hybridized carbons (Fsp3) is 0.692. The molecule has 1 saturated carbocycles. The van der Waals surface area contributed by atoms with Gasteiger partial charge in [-0.2, -0.15) is 0 Å². The highest BCUT2D eigenvalue weighted by molar-refractivity contribution is 5.85. The van der Waals surface area contributed by atoms with E-state index in [4.69, 9.17) is 18.9 Å². The highest BCUT2D eigenvalue weighted by Gasteiger charge is 2.63. The Morgan fingerprint density at radius 2 is 1.67 bits per heavy atom. The quantitative estimate of drug-likeness (QED) is 0.524. The number of hydrogen-bond donors (Lipinski definition) is 0. The molecule has 0 unspecified atom stereocenters. The molecule has 2 aliphatic rings. The molecule has 116 valence electrons. The highest BCUT2D eigenvalue weighted by atomic mass is 16.6. The summed E-state index contributed by atoms with van der Waals surface area (Å²) in [5.41, 5.74) is -1.48. The molecule has 0 aromatic heterocycles. The lowest BCUT2D eigenvalue weighted by molar-refractivity contribution is -0.187. The van der Waals surface area contributed by atoms with E-state index >= 15 is 0 Å². The van der Waals surface area contributed by atoms with E-state index in [1.807, 2.05) is 0 Å². The molecule has 1 aliphatic carbocycles. The van der Waals surface area contributed by atoms with Gasteiger partial charge >= 0.3 is 23.9 Å². The smallest absolute Gasteiger partial charge is 0.351 e. The lowest BCUT2D eigenvalue weighted by Gasteiger charge is -2.36. The molecule has 8 nitrogen and oxygen atoms in total. The summed E-state index contributed by atoms with van der Waals surface area (Å²) in [5.74, 6) is -2.53. The molecular formula is C13H16O8. The normalized spacial score (nSPS) is 33.9. The Morgan fingerprint density at radius 1 is 1.05 bits per heavy atom. The maximum Gasteiger partial charge on any atom is 0.351 e. The molecule has 8 heteroatoms. The van der Waals surface area contributed by atoms with E-state index in [1.54, 1.807) is 0 Å². The first-order valence-corrected chi connectivity index (χ1v) is 6.48. The Hall–Kier alpha value is -2.12. The lowest BCUT2D eigenvalue weighted by Crippen LogP contribution is -2.53. The van der Waals surface area contributed by atoms with Crippen molar-refractivity contribution in [3.05, 3.63) is 0 Å². The number of rotatable bonds is 3. The van der Waals surface area contributed by atoms with Gasteiger partial charge in [0, 0.05) is 33.6 Å². The van der Waals surface area contributed by atoms with Gasteiger partial charge in [0.05, 0.1) is 0 Å². The first-order valence-electron chi connectivity index (χ1n) is 6.48. The van der Waals surface area contributed by atoms with Gasteiger partial charge in [-0.25, -0.2) is 4.79 Å². The van der Waals surface area contributed by atoms with Crippen molar-refractivity contribution in [2.45, 2.75) is 57.5 Å². The molecular weight excluding hydrogens is 284 g/mol. The Bertz CT molecular complexity index is 498. The number of fused-ring (bicyclic) bond motifs is 2. The molecule has 4 atom stereocenters. The highest BCUT2D eigenvalue weighted by Crippen LogP contribution is 2.43. The van der Waals surface area contributed by atoms with Gasteiger partial charge in [0.2, 0.25) is 5.60 Å². The first kappa shape index (κ1) is 15.3. The van der Waals surface area contributed by atoms with Crippen molar-refractivity contribution in [3.8, 4) is 0 Å². The van der Waals surface area contributed by atoms with Gasteiger partial charge in [-0.05, 0) is 0 Å². The number of carbonyl (C=O) groups is 4. The van der Waals surface area contributed by atoms with Crippen LogP contribution in [-0.2, 0) is 38.1 Å². The van der Waals surface area contributed by atoms with Crippen LogP contribution in [0.25, 0.3) is 0 Å². The SMILES string of the molecule is CC(=O)O[C@@H]1[C@H](OC(C)=O)C[C@]2(OC(C)=O)C[C@H]1OC2=O. The van der Waals surface area contributed by atoms with Gasteiger partial charge in [0.1, 0.15) is 12.2 Å². The fourth-order valence-corrected chi connectivity index (χ4v) is 2.79. The molecule has 1 aliphatic heterocycles. The van der Waals surface area contributed by atoms with Gasteiger partial charge in [0.25, 0.3) is 0 Å². The zero-order chi connectivity index (χ0) is 15.8. The van der Waals surface area contributed by atoms with E-state index in [-0.39, 0.29) is 12.8 Å². The van der Waals surface area contributed by atoms with Crippen LogP contribution < -0.4 is 0 Å². The fourth-order valence-electron chi connectivity index (χ4n) is 2.79. The molecule has 0 aromatic carbocycles. The van der Waals surface area contributed by atoms with Crippen LogP contribution in [0.4, 0.5) is 0 Å². The third-order valence-corrected chi connectivity index (χ3v) is 3.38. The van der Waals surface area contributed by atoms with Gasteiger partial charge in [-0.3, -0.25) is 14.4 Å². The molecule has 21 heavy (non-hydrogen) atoms. The van der Waals surface area contributed by atoms with Crippen LogP contribution in [0, 0.1) is 0 Å². The molecule has 0 amide bonds. The van der Waals surface area contributed by atoms with Crippen molar-refractivity contribution < 1.29 is 38.1 Å². The summed E-state index contributed by atoms with van der Waals surface area (Å²) in [5, 5.41) is 0. The third-order valence-electron chi connectivity index (χ3n) is 3.38. The van der Waals surface area contributed by atoms with E-state index in [0.717, 1.165) is 0 Å². The molecule has 0 spiro atoms. The Morgan fingerprint density at radius 3 is 2.19 bits per heavy atom. The average Bonchev–Trinajstić information content (AvgIpc) is 2.56. The van der Waals surface area contributed by atoms with Gasteiger partial charge < -0.3 is 18.9 Å². The number of ether oxygens (including phenoxy) is 4. The molecule has 2 fully saturated rings.